The Bertz CT molecular complexity index is 299. The van der Waals surface area contributed by atoms with Crippen molar-refractivity contribution in [2.45, 2.75) is 43.1 Å². The number of nitrogens with two attached hydrogens (primary N) is 1. The Balaban J connectivity index is 1.91. The molecule has 90 valence electrons. The van der Waals surface area contributed by atoms with Gasteiger partial charge in [0.25, 0.3) is 0 Å². The van der Waals surface area contributed by atoms with Crippen molar-refractivity contribution in [3.63, 3.8) is 0 Å². The first kappa shape index (κ1) is 12.1. The van der Waals surface area contributed by atoms with Gasteiger partial charge in [-0.05, 0) is 30.9 Å². The van der Waals surface area contributed by atoms with E-state index in [2.05, 4.69) is 6.92 Å². The van der Waals surface area contributed by atoms with Gasteiger partial charge in [-0.1, -0.05) is 19.8 Å². The third-order valence-electron chi connectivity index (χ3n) is 3.32. The van der Waals surface area contributed by atoms with E-state index in [4.69, 9.17) is 10.2 Å². The summed E-state index contributed by atoms with van der Waals surface area (Å²) in [5.41, 5.74) is 5.83. The van der Waals surface area contributed by atoms with Crippen molar-refractivity contribution in [3.8, 4) is 0 Å². The SMILES string of the molecule is CC1CCCC(SC(CN)c2ccco2)C1. The molecule has 1 fully saturated rings. The lowest BCUT2D eigenvalue weighted by Gasteiger charge is -2.28. The van der Waals surface area contributed by atoms with Crippen LogP contribution in [-0.2, 0) is 0 Å². The summed E-state index contributed by atoms with van der Waals surface area (Å²) in [6.07, 6.45) is 7.18. The number of hydrogen-bond acceptors (Lipinski definition) is 3. The highest BCUT2D eigenvalue weighted by Gasteiger charge is 2.24. The predicted octanol–water partition coefficient (Wildman–Crippen LogP) is 3.59. The van der Waals surface area contributed by atoms with Crippen LogP contribution in [0.5, 0.6) is 0 Å². The van der Waals surface area contributed by atoms with E-state index >= 15 is 0 Å². The molecule has 1 aliphatic rings. The van der Waals surface area contributed by atoms with E-state index in [-0.39, 0.29) is 0 Å². The molecule has 0 amide bonds. The molecule has 0 saturated heterocycles. The van der Waals surface area contributed by atoms with Gasteiger partial charge in [-0.3, -0.25) is 0 Å². The summed E-state index contributed by atoms with van der Waals surface area (Å²) in [6.45, 7) is 3.03. The molecule has 1 aromatic heterocycles. The molecule has 1 aliphatic carbocycles. The second-order valence-electron chi connectivity index (χ2n) is 4.77. The second kappa shape index (κ2) is 5.78. The summed E-state index contributed by atoms with van der Waals surface area (Å²) in [5.74, 6) is 1.91. The molecule has 1 aromatic rings. The molecular formula is C13H21NOS. The van der Waals surface area contributed by atoms with Gasteiger partial charge >= 0.3 is 0 Å². The maximum atomic E-state index is 5.83. The first-order valence-electron chi connectivity index (χ1n) is 6.18. The Morgan fingerprint density at radius 1 is 1.56 bits per heavy atom. The second-order valence-corrected chi connectivity index (χ2v) is 6.28. The fourth-order valence-electron chi connectivity index (χ4n) is 2.45. The molecule has 2 nitrogen and oxygen atoms in total. The summed E-state index contributed by atoms with van der Waals surface area (Å²) in [6, 6.07) is 3.98. The van der Waals surface area contributed by atoms with Gasteiger partial charge in [-0.25, -0.2) is 0 Å². The molecule has 3 atom stereocenters. The van der Waals surface area contributed by atoms with Gasteiger partial charge in [0, 0.05) is 11.8 Å². The summed E-state index contributed by atoms with van der Waals surface area (Å²) in [4.78, 5) is 0. The zero-order chi connectivity index (χ0) is 11.4. The van der Waals surface area contributed by atoms with Crippen LogP contribution in [0.15, 0.2) is 22.8 Å². The van der Waals surface area contributed by atoms with E-state index < -0.39 is 0 Å². The lowest BCUT2D eigenvalue weighted by atomic mass is 9.91. The van der Waals surface area contributed by atoms with Crippen LogP contribution in [0.1, 0.15) is 43.6 Å². The molecule has 1 heterocycles. The van der Waals surface area contributed by atoms with Gasteiger partial charge in [-0.2, -0.15) is 0 Å². The topological polar surface area (TPSA) is 39.2 Å². The minimum absolute atomic E-state index is 0.338. The minimum atomic E-state index is 0.338. The molecule has 3 unspecified atom stereocenters. The maximum absolute atomic E-state index is 5.83. The van der Waals surface area contributed by atoms with Gasteiger partial charge in [0.05, 0.1) is 11.5 Å². The third-order valence-corrected chi connectivity index (χ3v) is 4.89. The van der Waals surface area contributed by atoms with Crippen molar-refractivity contribution in [1.29, 1.82) is 0 Å². The summed E-state index contributed by atoms with van der Waals surface area (Å²) < 4.78 is 5.45. The molecular weight excluding hydrogens is 218 g/mol. The lowest BCUT2D eigenvalue weighted by Crippen LogP contribution is -2.19. The third kappa shape index (κ3) is 3.05. The van der Waals surface area contributed by atoms with Gasteiger partial charge in [-0.15, -0.1) is 11.8 Å². The fraction of sp³-hybridized carbons (Fsp3) is 0.692. The normalized spacial score (nSPS) is 27.9. The molecule has 3 heteroatoms. The Hall–Kier alpha value is -0.410. The monoisotopic (exact) mass is 239 g/mol. The van der Waals surface area contributed by atoms with Crippen molar-refractivity contribution in [2.75, 3.05) is 6.54 Å². The largest absolute Gasteiger partial charge is 0.468 e. The van der Waals surface area contributed by atoms with Gasteiger partial charge < -0.3 is 10.2 Å². The van der Waals surface area contributed by atoms with Crippen LogP contribution in [0.25, 0.3) is 0 Å². The predicted molar refractivity (Wildman–Crippen MR) is 69.5 cm³/mol. The molecule has 0 aromatic carbocycles. The van der Waals surface area contributed by atoms with Crippen LogP contribution in [-0.4, -0.2) is 11.8 Å². The van der Waals surface area contributed by atoms with Crippen LogP contribution in [0.2, 0.25) is 0 Å². The summed E-state index contributed by atoms with van der Waals surface area (Å²) in [7, 11) is 0. The molecule has 0 spiro atoms. The van der Waals surface area contributed by atoms with Crippen LogP contribution in [0, 0.1) is 5.92 Å². The van der Waals surface area contributed by atoms with Gasteiger partial charge in [0.15, 0.2) is 0 Å². The van der Waals surface area contributed by atoms with E-state index in [0.717, 1.165) is 16.9 Å². The molecule has 2 rings (SSSR count). The van der Waals surface area contributed by atoms with Crippen molar-refractivity contribution in [3.05, 3.63) is 24.2 Å². The molecule has 0 radical (unpaired) electrons. The van der Waals surface area contributed by atoms with Gasteiger partial charge in [0.1, 0.15) is 5.76 Å². The number of hydrogen-bond donors (Lipinski definition) is 1. The van der Waals surface area contributed by atoms with E-state index in [1.54, 1.807) is 6.26 Å². The Labute approximate surface area is 102 Å². The molecule has 0 aliphatic heterocycles. The average Bonchev–Trinajstić information content (AvgIpc) is 2.79. The highest BCUT2D eigenvalue weighted by molar-refractivity contribution is 8.00. The molecule has 2 N–H and O–H groups in total. The zero-order valence-electron chi connectivity index (χ0n) is 9.89. The van der Waals surface area contributed by atoms with Crippen LogP contribution >= 0.6 is 11.8 Å². The van der Waals surface area contributed by atoms with Gasteiger partial charge in [0.2, 0.25) is 0 Å². The summed E-state index contributed by atoms with van der Waals surface area (Å²) >= 11 is 2.01. The minimum Gasteiger partial charge on any atom is -0.468 e. The summed E-state index contributed by atoms with van der Waals surface area (Å²) in [5, 5.41) is 1.10. The van der Waals surface area contributed by atoms with Crippen LogP contribution < -0.4 is 5.73 Å². The van der Waals surface area contributed by atoms with E-state index in [0.29, 0.717) is 11.8 Å². The molecule has 1 saturated carbocycles. The Kier molecular flexibility index (Phi) is 4.36. The highest BCUT2D eigenvalue weighted by atomic mass is 32.2. The Morgan fingerprint density at radius 3 is 3.06 bits per heavy atom. The molecule has 16 heavy (non-hydrogen) atoms. The van der Waals surface area contributed by atoms with E-state index in [9.17, 15) is 0 Å². The number of rotatable bonds is 4. The number of furan rings is 1. The quantitative estimate of drug-likeness (QED) is 0.872. The maximum Gasteiger partial charge on any atom is 0.118 e. The van der Waals surface area contributed by atoms with E-state index in [1.807, 2.05) is 23.9 Å². The first-order chi connectivity index (χ1) is 7.79. The zero-order valence-corrected chi connectivity index (χ0v) is 10.7. The van der Waals surface area contributed by atoms with Crippen molar-refractivity contribution in [2.24, 2.45) is 11.7 Å². The lowest BCUT2D eigenvalue weighted by molar-refractivity contribution is 0.393. The molecule has 0 bridgehead atoms. The number of thioether (sulfide) groups is 1. The average molecular weight is 239 g/mol. The van der Waals surface area contributed by atoms with Crippen molar-refractivity contribution < 1.29 is 4.42 Å². The smallest absolute Gasteiger partial charge is 0.118 e. The van der Waals surface area contributed by atoms with E-state index in [1.165, 1.54) is 25.7 Å². The van der Waals surface area contributed by atoms with Crippen LogP contribution in [0.3, 0.4) is 0 Å². The van der Waals surface area contributed by atoms with Crippen LogP contribution in [0.4, 0.5) is 0 Å². The first-order valence-corrected chi connectivity index (χ1v) is 7.12. The highest BCUT2D eigenvalue weighted by Crippen LogP contribution is 2.39. The van der Waals surface area contributed by atoms with Crippen molar-refractivity contribution in [1.82, 2.24) is 0 Å². The Morgan fingerprint density at radius 2 is 2.44 bits per heavy atom. The fourth-order valence-corrected chi connectivity index (χ4v) is 4.03. The standard InChI is InChI=1S/C13H21NOS/c1-10-4-2-5-11(8-10)16-13(9-14)12-6-3-7-15-12/h3,6-7,10-11,13H,2,4-5,8-9,14H2,1H3. The van der Waals surface area contributed by atoms with Crippen molar-refractivity contribution >= 4 is 11.8 Å².